The fourth-order valence-electron chi connectivity index (χ4n) is 5.83. The molecule has 10 nitrogen and oxygen atoms in total. The van der Waals surface area contributed by atoms with E-state index in [2.05, 4.69) is 30.9 Å². The minimum Gasteiger partial charge on any atom is -0.367 e. The minimum atomic E-state index is -1.02. The van der Waals surface area contributed by atoms with E-state index in [9.17, 15) is 9.59 Å². The van der Waals surface area contributed by atoms with Crippen molar-refractivity contribution in [1.82, 2.24) is 30.0 Å². The number of aryl methyl sites for hydroxylation is 1. The number of piperidine rings is 1. The highest BCUT2D eigenvalue weighted by atomic mass is 32.1. The number of aromatic nitrogens is 4. The number of benzene rings is 1. The molecule has 0 bridgehead atoms. The highest BCUT2D eigenvalue weighted by Gasteiger charge is 2.45. The number of nitrogens with zero attached hydrogens (tertiary/aromatic N) is 5. The van der Waals surface area contributed by atoms with E-state index in [4.69, 9.17) is 4.74 Å². The molecule has 2 saturated heterocycles. The summed E-state index contributed by atoms with van der Waals surface area (Å²) in [6.07, 6.45) is 4.15. The van der Waals surface area contributed by atoms with Crippen molar-refractivity contribution in [3.8, 4) is 11.3 Å². The molecule has 3 aromatic heterocycles. The number of anilines is 1. The van der Waals surface area contributed by atoms with Crippen molar-refractivity contribution in [3.63, 3.8) is 0 Å². The Kier molecular flexibility index (Phi) is 7.35. The second-order valence-corrected chi connectivity index (χ2v) is 11.4. The number of carbonyl (C=O) groups is 2. The number of aromatic amines is 1. The first-order valence-electron chi connectivity index (χ1n) is 13.6. The number of pyridine rings is 1. The number of carbonyl (C=O) groups excluding carboxylic acids is 2. The molecule has 0 saturated carbocycles. The molecule has 208 valence electrons. The third kappa shape index (κ3) is 5.24. The number of hydrogen-bond donors (Lipinski definition) is 2. The summed E-state index contributed by atoms with van der Waals surface area (Å²) in [4.78, 5) is 39.3. The molecule has 6 rings (SSSR count). The van der Waals surface area contributed by atoms with E-state index in [1.807, 2.05) is 52.6 Å². The Morgan fingerprint density at radius 1 is 1.18 bits per heavy atom. The fourth-order valence-corrected chi connectivity index (χ4v) is 6.46. The van der Waals surface area contributed by atoms with E-state index < -0.39 is 5.60 Å². The van der Waals surface area contributed by atoms with Gasteiger partial charge in [0.2, 0.25) is 5.91 Å². The van der Waals surface area contributed by atoms with Crippen LogP contribution >= 0.6 is 11.3 Å². The number of amides is 2. The highest BCUT2D eigenvalue weighted by Crippen LogP contribution is 2.32. The summed E-state index contributed by atoms with van der Waals surface area (Å²) < 4.78 is 5.81. The number of ether oxygens (including phenoxy) is 1. The summed E-state index contributed by atoms with van der Waals surface area (Å²) in [5.41, 5.74) is 6.21. The van der Waals surface area contributed by atoms with Gasteiger partial charge in [-0.05, 0) is 56.5 Å². The van der Waals surface area contributed by atoms with Gasteiger partial charge >= 0.3 is 0 Å². The highest BCUT2D eigenvalue weighted by molar-refractivity contribution is 7.07. The number of thiazole rings is 1. The van der Waals surface area contributed by atoms with Gasteiger partial charge in [0.05, 0.1) is 23.3 Å². The van der Waals surface area contributed by atoms with E-state index in [0.717, 1.165) is 59.5 Å². The van der Waals surface area contributed by atoms with Gasteiger partial charge in [-0.1, -0.05) is 0 Å². The molecule has 2 fully saturated rings. The zero-order chi connectivity index (χ0) is 27.7. The van der Waals surface area contributed by atoms with E-state index >= 15 is 0 Å². The summed E-state index contributed by atoms with van der Waals surface area (Å²) in [6.45, 7) is 4.69. The quantitative estimate of drug-likeness (QED) is 0.354. The van der Waals surface area contributed by atoms with Crippen molar-refractivity contribution in [2.75, 3.05) is 45.2 Å². The van der Waals surface area contributed by atoms with Gasteiger partial charge < -0.3 is 15.0 Å². The van der Waals surface area contributed by atoms with Crippen LogP contribution in [0.2, 0.25) is 0 Å². The van der Waals surface area contributed by atoms with Crippen molar-refractivity contribution in [2.45, 2.75) is 37.7 Å². The maximum atomic E-state index is 13.5. The van der Waals surface area contributed by atoms with Crippen LogP contribution in [0.4, 0.5) is 5.69 Å². The minimum absolute atomic E-state index is 0.105. The van der Waals surface area contributed by atoms with Crippen LogP contribution in [-0.2, 0) is 14.3 Å². The zero-order valence-corrected chi connectivity index (χ0v) is 23.5. The molecule has 4 aromatic rings. The van der Waals surface area contributed by atoms with Crippen LogP contribution in [0.25, 0.3) is 22.2 Å². The Hall–Kier alpha value is -3.67. The van der Waals surface area contributed by atoms with E-state index in [1.165, 1.54) is 0 Å². The summed E-state index contributed by atoms with van der Waals surface area (Å²) in [6, 6.07) is 9.60. The van der Waals surface area contributed by atoms with Crippen LogP contribution in [0.5, 0.6) is 0 Å². The molecular weight excluding hydrogens is 526 g/mol. The first kappa shape index (κ1) is 26.5. The molecule has 0 radical (unpaired) electrons. The van der Waals surface area contributed by atoms with E-state index in [1.54, 1.807) is 24.6 Å². The number of fused-ring (bicyclic) bond motifs is 1. The van der Waals surface area contributed by atoms with Gasteiger partial charge in [0.1, 0.15) is 5.69 Å². The third-order valence-corrected chi connectivity index (χ3v) is 8.79. The van der Waals surface area contributed by atoms with Crippen molar-refractivity contribution in [1.29, 1.82) is 0 Å². The third-order valence-electron chi connectivity index (χ3n) is 8.18. The smallest absolute Gasteiger partial charge is 0.258 e. The summed E-state index contributed by atoms with van der Waals surface area (Å²) in [5.74, 6) is 0.324. The van der Waals surface area contributed by atoms with Crippen LogP contribution < -0.4 is 5.32 Å². The summed E-state index contributed by atoms with van der Waals surface area (Å²) in [5, 5.41) is 13.6. The first-order valence-corrected chi connectivity index (χ1v) is 14.5. The molecule has 0 aliphatic carbocycles. The second-order valence-electron chi connectivity index (χ2n) is 10.7. The monoisotopic (exact) mass is 559 g/mol. The predicted octanol–water partition coefficient (Wildman–Crippen LogP) is 3.83. The van der Waals surface area contributed by atoms with Crippen LogP contribution in [0, 0.1) is 6.92 Å². The van der Waals surface area contributed by atoms with Gasteiger partial charge in [-0.25, -0.2) is 4.98 Å². The molecule has 5 heterocycles. The van der Waals surface area contributed by atoms with Gasteiger partial charge in [-0.3, -0.25) is 24.6 Å². The van der Waals surface area contributed by atoms with Crippen LogP contribution in [0.15, 0.2) is 47.4 Å². The molecule has 2 N–H and O–H groups in total. The molecule has 0 spiro atoms. The molecule has 40 heavy (non-hydrogen) atoms. The Bertz CT molecular complexity index is 1510. The molecular formula is C29H33N7O3S. The van der Waals surface area contributed by atoms with Crippen LogP contribution in [0.1, 0.15) is 36.6 Å². The molecule has 11 heteroatoms. The molecule has 2 aliphatic rings. The number of hydrogen-bond acceptors (Lipinski definition) is 8. The van der Waals surface area contributed by atoms with Crippen molar-refractivity contribution >= 4 is 39.7 Å². The van der Waals surface area contributed by atoms with Crippen LogP contribution in [0.3, 0.4) is 0 Å². The van der Waals surface area contributed by atoms with E-state index in [0.29, 0.717) is 31.1 Å². The average molecular weight is 560 g/mol. The van der Waals surface area contributed by atoms with Gasteiger partial charge in [-0.15, -0.1) is 11.3 Å². The van der Waals surface area contributed by atoms with Gasteiger partial charge in [0.25, 0.3) is 5.91 Å². The topological polar surface area (TPSA) is 116 Å². The number of methoxy groups -OCH3 is 1. The Morgan fingerprint density at radius 3 is 2.77 bits per heavy atom. The molecule has 2 aliphatic heterocycles. The van der Waals surface area contributed by atoms with E-state index in [-0.39, 0.29) is 18.4 Å². The zero-order valence-electron chi connectivity index (χ0n) is 22.7. The normalized spacial score (nSPS) is 20.3. The lowest BCUT2D eigenvalue weighted by Crippen LogP contribution is -2.48. The molecule has 1 aromatic carbocycles. The Balaban J connectivity index is 1.09. The molecule has 1 unspecified atom stereocenters. The Labute approximate surface area is 236 Å². The standard InChI is InChI=1S/C29H33N7O3S/c1-19-13-21(5-9-30-19)27-23-14-22(3-4-24(23)33-34-27)32-28(38)29(39-2)8-12-35(17-29)15-26(37)36-10-6-20(7-11-36)25-16-40-18-31-25/h3-5,9,13-14,16,18,20H,6-8,10-12,15,17H2,1-2H3,(H,32,38)(H,33,34). The largest absolute Gasteiger partial charge is 0.367 e. The fraction of sp³-hybridized carbons (Fsp3) is 0.414. The molecule has 2 amide bonds. The van der Waals surface area contributed by atoms with Crippen molar-refractivity contribution < 1.29 is 14.3 Å². The average Bonchev–Trinajstić information content (AvgIpc) is 3.73. The van der Waals surface area contributed by atoms with Gasteiger partial charge in [-0.2, -0.15) is 5.10 Å². The van der Waals surface area contributed by atoms with Gasteiger partial charge in [0.15, 0.2) is 5.60 Å². The maximum Gasteiger partial charge on any atom is 0.258 e. The lowest BCUT2D eigenvalue weighted by Gasteiger charge is -2.33. The summed E-state index contributed by atoms with van der Waals surface area (Å²) in [7, 11) is 1.57. The second kappa shape index (κ2) is 11.1. The number of rotatable bonds is 7. The number of nitrogens with one attached hydrogen (secondary N) is 2. The lowest BCUT2D eigenvalue weighted by molar-refractivity contribution is -0.138. The van der Waals surface area contributed by atoms with Gasteiger partial charge in [0, 0.05) is 73.1 Å². The maximum absolute atomic E-state index is 13.5. The Morgan fingerprint density at radius 2 is 2.02 bits per heavy atom. The molecule has 1 atom stereocenters. The number of H-pyrrole nitrogens is 1. The SMILES string of the molecule is COC1(C(=O)Nc2ccc3[nH]nc(-c4ccnc(C)c4)c3c2)CCN(CC(=O)N2CCC(c3cscn3)CC2)C1. The van der Waals surface area contributed by atoms with Crippen LogP contribution in [-0.4, -0.2) is 87.2 Å². The predicted molar refractivity (Wildman–Crippen MR) is 154 cm³/mol. The number of likely N-dealkylation sites (tertiary alicyclic amines) is 2. The van der Waals surface area contributed by atoms with Crippen molar-refractivity contribution in [2.24, 2.45) is 0 Å². The first-order chi connectivity index (χ1) is 19.4. The lowest BCUT2D eigenvalue weighted by atomic mass is 9.94. The summed E-state index contributed by atoms with van der Waals surface area (Å²) >= 11 is 1.62. The van der Waals surface area contributed by atoms with Crippen molar-refractivity contribution in [3.05, 3.63) is 58.8 Å².